The van der Waals surface area contributed by atoms with Gasteiger partial charge in [-0.1, -0.05) is 35.5 Å². The monoisotopic (exact) mass is 389 g/mol. The minimum absolute atomic E-state index is 0.0729. The molecule has 146 valence electrons. The van der Waals surface area contributed by atoms with Crippen molar-refractivity contribution in [3.8, 4) is 28.1 Å². The van der Waals surface area contributed by atoms with Crippen LogP contribution in [0.1, 0.15) is 18.6 Å². The Labute approximate surface area is 159 Å². The van der Waals surface area contributed by atoms with Gasteiger partial charge in [-0.2, -0.15) is 13.2 Å². The lowest BCUT2D eigenvalue weighted by Gasteiger charge is -2.15. The third-order valence-electron chi connectivity index (χ3n) is 4.87. The highest BCUT2D eigenvalue weighted by Gasteiger charge is 2.51. The first-order valence-corrected chi connectivity index (χ1v) is 8.87. The number of hydrogen-bond donors (Lipinski definition) is 1. The van der Waals surface area contributed by atoms with E-state index in [9.17, 15) is 18.3 Å². The molecule has 1 N–H and O–H groups in total. The summed E-state index contributed by atoms with van der Waals surface area (Å²) in [4.78, 5) is 0. The van der Waals surface area contributed by atoms with Gasteiger partial charge in [-0.3, -0.25) is 0 Å². The number of aromatic hydroxyl groups is 1. The molecule has 0 atom stereocenters. The number of hydrogen-bond acceptors (Lipinski definition) is 4. The fourth-order valence-electron chi connectivity index (χ4n) is 3.29. The largest absolute Gasteiger partial charge is 0.508 e. The van der Waals surface area contributed by atoms with E-state index in [0.717, 1.165) is 16.7 Å². The van der Waals surface area contributed by atoms with Gasteiger partial charge in [0.15, 0.2) is 5.76 Å². The summed E-state index contributed by atoms with van der Waals surface area (Å²) in [5.74, 6) is 0.678. The molecule has 1 aromatic heterocycles. The summed E-state index contributed by atoms with van der Waals surface area (Å²) >= 11 is 0. The normalized spacial score (nSPS) is 15.5. The number of phenols is 1. The number of nitrogens with zero attached hydrogens (tertiary/aromatic N) is 1. The van der Waals surface area contributed by atoms with Crippen LogP contribution < -0.4 is 0 Å². The van der Waals surface area contributed by atoms with Gasteiger partial charge >= 0.3 is 6.18 Å². The Balaban J connectivity index is 1.73. The lowest BCUT2D eigenvalue weighted by Crippen LogP contribution is -2.23. The highest BCUT2D eigenvalue weighted by molar-refractivity contribution is 5.83. The molecule has 1 aliphatic carbocycles. The first kappa shape index (κ1) is 18.6. The quantitative estimate of drug-likeness (QED) is 0.620. The number of benzene rings is 2. The number of alkyl halides is 3. The van der Waals surface area contributed by atoms with E-state index in [4.69, 9.17) is 9.26 Å². The van der Waals surface area contributed by atoms with Crippen LogP contribution in [0.4, 0.5) is 13.2 Å². The Morgan fingerprint density at radius 3 is 2.29 bits per heavy atom. The van der Waals surface area contributed by atoms with E-state index in [1.54, 1.807) is 24.3 Å². The Morgan fingerprint density at radius 1 is 1.00 bits per heavy atom. The van der Waals surface area contributed by atoms with Crippen LogP contribution in [-0.2, 0) is 10.2 Å². The average Bonchev–Trinajstić information content (AvgIpc) is 3.31. The molecule has 1 heterocycles. The van der Waals surface area contributed by atoms with Crippen LogP contribution in [0, 0.1) is 0 Å². The Bertz CT molecular complexity index is 945. The number of phenolic OH excluding ortho intramolecular Hbond substituents is 1. The molecule has 0 unspecified atom stereocenters. The van der Waals surface area contributed by atoms with Crippen LogP contribution in [0.5, 0.6) is 5.75 Å². The van der Waals surface area contributed by atoms with Crippen molar-refractivity contribution in [1.82, 2.24) is 5.16 Å². The van der Waals surface area contributed by atoms with Gasteiger partial charge in [0, 0.05) is 5.56 Å². The predicted molar refractivity (Wildman–Crippen MR) is 96.8 cm³/mol. The summed E-state index contributed by atoms with van der Waals surface area (Å²) in [6.45, 7) is -1.36. The summed E-state index contributed by atoms with van der Waals surface area (Å²) in [6, 6.07) is 16.0. The van der Waals surface area contributed by atoms with Gasteiger partial charge in [0.05, 0.1) is 17.6 Å². The maximum Gasteiger partial charge on any atom is 0.411 e. The first-order chi connectivity index (χ1) is 13.4. The van der Waals surface area contributed by atoms with E-state index in [0.29, 0.717) is 24.3 Å². The standard InChI is InChI=1S/C21H18F3NO3/c22-21(23,24)13-27-12-20(10-11-20)19-17(14-4-2-1-3-5-14)18(25-28-19)15-6-8-16(26)9-7-15/h1-9,26H,10-13H2. The minimum Gasteiger partial charge on any atom is -0.508 e. The van der Waals surface area contributed by atoms with E-state index < -0.39 is 18.2 Å². The van der Waals surface area contributed by atoms with Crippen molar-refractivity contribution in [2.45, 2.75) is 24.4 Å². The lowest BCUT2D eigenvalue weighted by molar-refractivity contribution is -0.175. The van der Waals surface area contributed by atoms with Crippen LogP contribution in [0.2, 0.25) is 0 Å². The van der Waals surface area contributed by atoms with Crippen LogP contribution in [-0.4, -0.2) is 29.7 Å². The molecule has 0 bridgehead atoms. The van der Waals surface area contributed by atoms with Crippen LogP contribution in [0.3, 0.4) is 0 Å². The third-order valence-corrected chi connectivity index (χ3v) is 4.87. The molecular weight excluding hydrogens is 371 g/mol. The Morgan fingerprint density at radius 2 is 1.68 bits per heavy atom. The van der Waals surface area contributed by atoms with Crippen LogP contribution in [0.15, 0.2) is 59.1 Å². The smallest absolute Gasteiger partial charge is 0.411 e. The zero-order valence-electron chi connectivity index (χ0n) is 14.9. The molecule has 2 aromatic carbocycles. The number of ether oxygens (including phenoxy) is 1. The molecule has 0 saturated heterocycles. The number of rotatable bonds is 6. The molecule has 0 spiro atoms. The average molecular weight is 389 g/mol. The molecule has 1 fully saturated rings. The molecule has 0 amide bonds. The summed E-state index contributed by atoms with van der Waals surface area (Å²) in [5, 5.41) is 13.8. The van der Waals surface area contributed by atoms with Gasteiger partial charge in [-0.25, -0.2) is 0 Å². The second kappa shape index (κ2) is 6.98. The van der Waals surface area contributed by atoms with Crippen molar-refractivity contribution < 1.29 is 27.5 Å². The molecule has 3 aromatic rings. The van der Waals surface area contributed by atoms with Gasteiger partial charge in [-0.15, -0.1) is 0 Å². The Kier molecular flexibility index (Phi) is 4.63. The van der Waals surface area contributed by atoms with Gasteiger partial charge < -0.3 is 14.4 Å². The van der Waals surface area contributed by atoms with Crippen LogP contribution in [0.25, 0.3) is 22.4 Å². The van der Waals surface area contributed by atoms with Crippen molar-refractivity contribution in [3.63, 3.8) is 0 Å². The predicted octanol–water partition coefficient (Wildman–Crippen LogP) is 5.32. The fraction of sp³-hybridized carbons (Fsp3) is 0.286. The van der Waals surface area contributed by atoms with Gasteiger partial charge in [0.1, 0.15) is 18.1 Å². The zero-order chi connectivity index (χ0) is 19.8. The molecule has 28 heavy (non-hydrogen) atoms. The molecule has 4 rings (SSSR count). The van der Waals surface area contributed by atoms with Crippen molar-refractivity contribution in [3.05, 3.63) is 60.4 Å². The highest BCUT2D eigenvalue weighted by atomic mass is 19.4. The molecule has 7 heteroatoms. The van der Waals surface area contributed by atoms with Crippen molar-refractivity contribution in [1.29, 1.82) is 0 Å². The molecule has 0 radical (unpaired) electrons. The zero-order valence-corrected chi connectivity index (χ0v) is 14.9. The summed E-state index contributed by atoms with van der Waals surface area (Å²) in [5.41, 5.74) is 2.35. The fourth-order valence-corrected chi connectivity index (χ4v) is 3.29. The summed E-state index contributed by atoms with van der Waals surface area (Å²) < 4.78 is 48.1. The van der Waals surface area contributed by atoms with E-state index in [2.05, 4.69) is 5.16 Å². The van der Waals surface area contributed by atoms with Crippen LogP contribution >= 0.6 is 0 Å². The summed E-state index contributed by atoms with van der Waals surface area (Å²) in [7, 11) is 0. The van der Waals surface area contributed by atoms with Crippen molar-refractivity contribution in [2.24, 2.45) is 0 Å². The number of halogens is 3. The second-order valence-corrected chi connectivity index (χ2v) is 7.04. The molecule has 1 aliphatic rings. The first-order valence-electron chi connectivity index (χ1n) is 8.87. The second-order valence-electron chi connectivity index (χ2n) is 7.04. The minimum atomic E-state index is -4.36. The summed E-state index contributed by atoms with van der Waals surface area (Å²) in [6.07, 6.45) is -3.01. The molecule has 1 saturated carbocycles. The van der Waals surface area contributed by atoms with Gasteiger partial charge in [0.25, 0.3) is 0 Å². The molecule has 4 nitrogen and oxygen atoms in total. The lowest BCUT2D eigenvalue weighted by atomic mass is 9.92. The molecular formula is C21H18F3NO3. The molecule has 0 aliphatic heterocycles. The van der Waals surface area contributed by atoms with Gasteiger partial charge in [0.2, 0.25) is 0 Å². The maximum atomic E-state index is 12.5. The van der Waals surface area contributed by atoms with Crippen molar-refractivity contribution in [2.75, 3.05) is 13.2 Å². The topological polar surface area (TPSA) is 55.5 Å². The van der Waals surface area contributed by atoms with E-state index in [1.807, 2.05) is 30.3 Å². The van der Waals surface area contributed by atoms with E-state index in [1.165, 1.54) is 0 Å². The third kappa shape index (κ3) is 3.75. The van der Waals surface area contributed by atoms with E-state index >= 15 is 0 Å². The van der Waals surface area contributed by atoms with Crippen molar-refractivity contribution >= 4 is 0 Å². The van der Waals surface area contributed by atoms with Gasteiger partial charge in [-0.05, 0) is 42.7 Å². The maximum absolute atomic E-state index is 12.5. The van der Waals surface area contributed by atoms with E-state index in [-0.39, 0.29) is 12.4 Å². The Hall–Kier alpha value is -2.80. The highest BCUT2D eigenvalue weighted by Crippen LogP contribution is 2.53. The SMILES string of the molecule is Oc1ccc(-c2noc(C3(COCC(F)(F)F)CC3)c2-c2ccccc2)cc1. The number of aromatic nitrogens is 1.